The fraction of sp³-hybridized carbons (Fsp3) is 0.174. The van der Waals surface area contributed by atoms with Crippen LogP contribution in [0, 0.1) is 13.8 Å². The minimum absolute atomic E-state index is 0.231. The third-order valence-corrected chi connectivity index (χ3v) is 4.48. The van der Waals surface area contributed by atoms with E-state index in [1.165, 1.54) is 12.3 Å². The van der Waals surface area contributed by atoms with Gasteiger partial charge in [-0.2, -0.15) is 0 Å². The molecule has 0 radical (unpaired) electrons. The van der Waals surface area contributed by atoms with Crippen LogP contribution in [0.5, 0.6) is 0 Å². The average molecular weight is 373 g/mol. The summed E-state index contributed by atoms with van der Waals surface area (Å²) in [5.74, 6) is -0.501. The summed E-state index contributed by atoms with van der Waals surface area (Å²) in [6.45, 7) is 4.42. The quantitative estimate of drug-likeness (QED) is 0.728. The van der Waals surface area contributed by atoms with Crippen LogP contribution in [0.3, 0.4) is 0 Å². The zero-order valence-corrected chi connectivity index (χ0v) is 16.3. The Bertz CT molecular complexity index is 1000. The molecule has 2 amide bonds. The maximum absolute atomic E-state index is 12.7. The van der Waals surface area contributed by atoms with Crippen molar-refractivity contribution < 1.29 is 9.59 Å². The van der Waals surface area contributed by atoms with E-state index in [1.54, 1.807) is 18.0 Å². The lowest BCUT2D eigenvalue weighted by atomic mass is 10.1. The molecular weight excluding hydrogens is 350 g/mol. The highest BCUT2D eigenvalue weighted by molar-refractivity contribution is 6.06. The summed E-state index contributed by atoms with van der Waals surface area (Å²) in [6.07, 6.45) is 1.49. The van der Waals surface area contributed by atoms with E-state index >= 15 is 0 Å². The summed E-state index contributed by atoms with van der Waals surface area (Å²) >= 11 is 0. The summed E-state index contributed by atoms with van der Waals surface area (Å²) in [4.78, 5) is 31.1. The average Bonchev–Trinajstić information content (AvgIpc) is 2.70. The van der Waals surface area contributed by atoms with Crippen molar-refractivity contribution in [3.8, 4) is 0 Å². The van der Waals surface area contributed by atoms with E-state index in [0.29, 0.717) is 12.1 Å². The molecule has 1 aromatic heterocycles. The normalized spacial score (nSPS) is 10.4. The fourth-order valence-corrected chi connectivity index (χ4v) is 2.96. The highest BCUT2D eigenvalue weighted by Gasteiger charge is 2.16. The van der Waals surface area contributed by atoms with Gasteiger partial charge in [-0.15, -0.1) is 0 Å². The van der Waals surface area contributed by atoms with E-state index in [9.17, 15) is 9.59 Å². The third-order valence-electron chi connectivity index (χ3n) is 4.48. The Morgan fingerprint density at radius 2 is 1.75 bits per heavy atom. The van der Waals surface area contributed by atoms with Crippen LogP contribution in [-0.2, 0) is 6.54 Å². The van der Waals surface area contributed by atoms with Crippen LogP contribution in [0.25, 0.3) is 0 Å². The van der Waals surface area contributed by atoms with Crippen molar-refractivity contribution in [2.24, 2.45) is 0 Å². The summed E-state index contributed by atoms with van der Waals surface area (Å²) in [5, 5.41) is 2.90. The molecule has 5 heteroatoms. The molecule has 0 aliphatic carbocycles. The van der Waals surface area contributed by atoms with Gasteiger partial charge in [0.1, 0.15) is 5.69 Å². The minimum Gasteiger partial charge on any atom is -0.336 e. The van der Waals surface area contributed by atoms with Crippen molar-refractivity contribution in [1.82, 2.24) is 9.88 Å². The lowest BCUT2D eigenvalue weighted by molar-refractivity contribution is 0.0779. The second-order valence-electron chi connectivity index (χ2n) is 6.85. The van der Waals surface area contributed by atoms with Crippen LogP contribution >= 0.6 is 0 Å². The monoisotopic (exact) mass is 373 g/mol. The maximum Gasteiger partial charge on any atom is 0.272 e. The van der Waals surface area contributed by atoms with Crippen LogP contribution in [0.2, 0.25) is 0 Å². The van der Waals surface area contributed by atoms with Gasteiger partial charge in [-0.3, -0.25) is 14.6 Å². The number of amides is 2. The molecule has 0 bridgehead atoms. The lowest BCUT2D eigenvalue weighted by Crippen LogP contribution is -2.27. The first kappa shape index (κ1) is 19.3. The Labute approximate surface area is 165 Å². The molecular formula is C23H23N3O2. The number of aromatic nitrogens is 1. The van der Waals surface area contributed by atoms with Gasteiger partial charge in [0.2, 0.25) is 0 Å². The van der Waals surface area contributed by atoms with Gasteiger partial charge in [0.25, 0.3) is 11.8 Å². The molecule has 0 aliphatic rings. The number of nitrogens with one attached hydrogen (secondary N) is 1. The number of aryl methyl sites for hydroxylation is 2. The molecule has 3 rings (SSSR count). The van der Waals surface area contributed by atoms with E-state index in [0.717, 1.165) is 22.4 Å². The van der Waals surface area contributed by atoms with E-state index in [1.807, 2.05) is 62.4 Å². The number of hydrogen-bond donors (Lipinski definition) is 1. The second kappa shape index (κ2) is 8.48. The Hall–Kier alpha value is -3.47. The lowest BCUT2D eigenvalue weighted by Gasteiger charge is -2.17. The Morgan fingerprint density at radius 3 is 2.46 bits per heavy atom. The number of rotatable bonds is 5. The molecule has 5 nitrogen and oxygen atoms in total. The highest BCUT2D eigenvalue weighted by atomic mass is 16.2. The van der Waals surface area contributed by atoms with Gasteiger partial charge in [-0.25, -0.2) is 0 Å². The van der Waals surface area contributed by atoms with Crippen LogP contribution in [-0.4, -0.2) is 28.7 Å². The van der Waals surface area contributed by atoms with Crippen LogP contribution in [0.1, 0.15) is 37.5 Å². The molecule has 0 fully saturated rings. The molecule has 1 heterocycles. The summed E-state index contributed by atoms with van der Waals surface area (Å²) in [6, 6.07) is 18.7. The molecule has 0 unspecified atom stereocenters. The Morgan fingerprint density at radius 1 is 1.00 bits per heavy atom. The molecule has 142 valence electrons. The summed E-state index contributed by atoms with van der Waals surface area (Å²) in [7, 11) is 1.72. The first-order valence-electron chi connectivity index (χ1n) is 9.08. The molecule has 0 saturated heterocycles. The summed E-state index contributed by atoms with van der Waals surface area (Å²) < 4.78 is 0. The van der Waals surface area contributed by atoms with Crippen molar-refractivity contribution in [1.29, 1.82) is 0 Å². The molecule has 0 saturated carbocycles. The van der Waals surface area contributed by atoms with Crippen LogP contribution in [0.4, 0.5) is 5.69 Å². The molecule has 0 aliphatic heterocycles. The Balaban J connectivity index is 1.73. The Kier molecular flexibility index (Phi) is 5.84. The van der Waals surface area contributed by atoms with Crippen molar-refractivity contribution >= 4 is 17.5 Å². The summed E-state index contributed by atoms with van der Waals surface area (Å²) in [5.41, 5.74) is 4.54. The molecule has 28 heavy (non-hydrogen) atoms. The first-order valence-corrected chi connectivity index (χ1v) is 9.08. The van der Waals surface area contributed by atoms with Gasteiger partial charge in [0.05, 0.1) is 0 Å². The van der Waals surface area contributed by atoms with Gasteiger partial charge in [0, 0.05) is 31.0 Å². The first-order chi connectivity index (χ1) is 13.4. The second-order valence-corrected chi connectivity index (χ2v) is 6.85. The predicted molar refractivity (Wildman–Crippen MR) is 110 cm³/mol. The fourth-order valence-electron chi connectivity index (χ4n) is 2.96. The number of pyridine rings is 1. The molecule has 0 atom stereocenters. The molecule has 3 aromatic rings. The van der Waals surface area contributed by atoms with Crippen molar-refractivity contribution in [2.45, 2.75) is 20.4 Å². The van der Waals surface area contributed by atoms with Crippen LogP contribution in [0.15, 0.2) is 66.9 Å². The van der Waals surface area contributed by atoms with Crippen LogP contribution < -0.4 is 5.32 Å². The number of carbonyl (C=O) groups excluding carboxylic acids is 2. The number of carbonyl (C=O) groups is 2. The van der Waals surface area contributed by atoms with E-state index in [4.69, 9.17) is 0 Å². The smallest absolute Gasteiger partial charge is 0.272 e. The van der Waals surface area contributed by atoms with Crippen molar-refractivity contribution in [3.63, 3.8) is 0 Å². The topological polar surface area (TPSA) is 62.3 Å². The number of benzene rings is 2. The molecule has 0 spiro atoms. The predicted octanol–water partition coefficient (Wildman–Crippen LogP) is 4.22. The third kappa shape index (κ3) is 4.62. The van der Waals surface area contributed by atoms with Crippen molar-refractivity contribution in [3.05, 3.63) is 94.8 Å². The van der Waals surface area contributed by atoms with Gasteiger partial charge >= 0.3 is 0 Å². The minimum atomic E-state index is -0.269. The number of hydrogen-bond acceptors (Lipinski definition) is 3. The van der Waals surface area contributed by atoms with Gasteiger partial charge in [-0.05, 0) is 43.2 Å². The number of nitrogens with zero attached hydrogens (tertiary/aromatic N) is 2. The van der Waals surface area contributed by atoms with E-state index in [-0.39, 0.29) is 17.5 Å². The van der Waals surface area contributed by atoms with Gasteiger partial charge in [-0.1, -0.05) is 48.0 Å². The SMILES string of the molecule is Cc1ccc(NC(=O)c2ccnc(C(=O)N(C)Cc3ccccc3)c2)c(C)c1. The van der Waals surface area contributed by atoms with Crippen molar-refractivity contribution in [2.75, 3.05) is 12.4 Å². The van der Waals surface area contributed by atoms with E-state index < -0.39 is 0 Å². The van der Waals surface area contributed by atoms with Gasteiger partial charge in [0.15, 0.2) is 0 Å². The molecule has 1 N–H and O–H groups in total. The highest BCUT2D eigenvalue weighted by Crippen LogP contribution is 2.17. The molecule has 2 aromatic carbocycles. The van der Waals surface area contributed by atoms with Gasteiger partial charge < -0.3 is 10.2 Å². The largest absolute Gasteiger partial charge is 0.336 e. The standard InChI is InChI=1S/C23H23N3O2/c1-16-9-10-20(17(2)13-16)25-22(27)19-11-12-24-21(14-19)23(28)26(3)15-18-7-5-4-6-8-18/h4-14H,15H2,1-3H3,(H,25,27). The zero-order chi connectivity index (χ0) is 20.1. The maximum atomic E-state index is 12.7. The van der Waals surface area contributed by atoms with E-state index in [2.05, 4.69) is 10.3 Å². The number of anilines is 1. The zero-order valence-electron chi connectivity index (χ0n) is 16.3.